The largest absolute Gasteiger partial charge is 0.396 e. The van der Waals surface area contributed by atoms with Crippen LogP contribution in [-0.2, 0) is 4.74 Å². The van der Waals surface area contributed by atoms with Crippen LogP contribution in [0.4, 0.5) is 0 Å². The molecule has 0 aromatic heterocycles. The molecule has 15 heavy (non-hydrogen) atoms. The third-order valence-electron chi connectivity index (χ3n) is 2.29. The van der Waals surface area contributed by atoms with Crippen LogP contribution in [-0.4, -0.2) is 36.5 Å². The van der Waals surface area contributed by atoms with E-state index in [0.717, 1.165) is 19.6 Å². The summed E-state index contributed by atoms with van der Waals surface area (Å²) in [7, 11) is 0. The topological polar surface area (TPSA) is 41.5 Å². The van der Waals surface area contributed by atoms with Gasteiger partial charge in [-0.05, 0) is 33.1 Å². The molecular weight excluding hydrogens is 190 g/mol. The molecule has 0 fully saturated rings. The van der Waals surface area contributed by atoms with Gasteiger partial charge in [-0.1, -0.05) is 13.8 Å². The molecule has 1 unspecified atom stereocenters. The van der Waals surface area contributed by atoms with E-state index in [4.69, 9.17) is 9.84 Å². The van der Waals surface area contributed by atoms with E-state index in [1.165, 1.54) is 0 Å². The van der Waals surface area contributed by atoms with Crippen molar-refractivity contribution < 1.29 is 9.84 Å². The summed E-state index contributed by atoms with van der Waals surface area (Å²) in [5, 5.41) is 12.3. The van der Waals surface area contributed by atoms with Crippen molar-refractivity contribution in [2.24, 2.45) is 5.92 Å². The van der Waals surface area contributed by atoms with Crippen LogP contribution < -0.4 is 5.32 Å². The second-order valence-electron chi connectivity index (χ2n) is 5.28. The smallest absolute Gasteiger partial charge is 0.0599 e. The van der Waals surface area contributed by atoms with Gasteiger partial charge in [0.15, 0.2) is 0 Å². The average molecular weight is 217 g/mol. The summed E-state index contributed by atoms with van der Waals surface area (Å²) < 4.78 is 5.61. The molecule has 0 aliphatic heterocycles. The van der Waals surface area contributed by atoms with E-state index in [0.29, 0.717) is 12.0 Å². The van der Waals surface area contributed by atoms with Crippen molar-refractivity contribution >= 4 is 0 Å². The highest BCUT2D eigenvalue weighted by Crippen LogP contribution is 2.07. The van der Waals surface area contributed by atoms with Gasteiger partial charge in [0.1, 0.15) is 0 Å². The monoisotopic (exact) mass is 217 g/mol. The maximum Gasteiger partial charge on any atom is 0.0599 e. The van der Waals surface area contributed by atoms with Crippen molar-refractivity contribution in [2.75, 3.05) is 19.8 Å². The van der Waals surface area contributed by atoms with Gasteiger partial charge in [0, 0.05) is 19.2 Å². The van der Waals surface area contributed by atoms with Gasteiger partial charge in [0.05, 0.1) is 12.2 Å². The first-order chi connectivity index (χ1) is 6.87. The Hall–Kier alpha value is -0.120. The first-order valence-electron chi connectivity index (χ1n) is 5.85. The van der Waals surface area contributed by atoms with E-state index < -0.39 is 0 Å². The number of hydrogen-bond acceptors (Lipinski definition) is 3. The van der Waals surface area contributed by atoms with Gasteiger partial charge >= 0.3 is 0 Å². The van der Waals surface area contributed by atoms with Gasteiger partial charge in [0.2, 0.25) is 0 Å². The van der Waals surface area contributed by atoms with Crippen LogP contribution in [0.2, 0.25) is 0 Å². The fourth-order valence-electron chi connectivity index (χ4n) is 1.41. The molecule has 0 aromatic carbocycles. The Morgan fingerprint density at radius 1 is 1.27 bits per heavy atom. The van der Waals surface area contributed by atoms with Crippen LogP contribution in [0.15, 0.2) is 0 Å². The molecule has 0 amide bonds. The molecule has 0 aliphatic rings. The van der Waals surface area contributed by atoms with Gasteiger partial charge in [0.25, 0.3) is 0 Å². The van der Waals surface area contributed by atoms with E-state index in [-0.39, 0.29) is 12.2 Å². The van der Waals surface area contributed by atoms with E-state index in [9.17, 15) is 0 Å². The number of aliphatic hydroxyl groups excluding tert-OH is 1. The Balaban J connectivity index is 3.62. The summed E-state index contributed by atoms with van der Waals surface area (Å²) in [6.45, 7) is 12.3. The molecule has 0 aromatic rings. The molecule has 0 saturated heterocycles. The Bertz CT molecular complexity index is 152. The first-order valence-corrected chi connectivity index (χ1v) is 5.85. The summed E-state index contributed by atoms with van der Waals surface area (Å²) in [6.07, 6.45) is 0.813. The van der Waals surface area contributed by atoms with Gasteiger partial charge in [-0.3, -0.25) is 0 Å². The molecule has 0 heterocycles. The Kier molecular flexibility index (Phi) is 7.14. The zero-order valence-electron chi connectivity index (χ0n) is 10.8. The molecule has 2 N–H and O–H groups in total. The number of ether oxygens (including phenoxy) is 1. The summed E-state index contributed by atoms with van der Waals surface area (Å²) in [4.78, 5) is 0. The lowest BCUT2D eigenvalue weighted by Gasteiger charge is -2.24. The minimum Gasteiger partial charge on any atom is -0.396 e. The normalized spacial score (nSPS) is 14.6. The van der Waals surface area contributed by atoms with Crippen LogP contribution in [0.1, 0.15) is 41.0 Å². The number of nitrogens with one attached hydrogen (secondary N) is 1. The van der Waals surface area contributed by atoms with Gasteiger partial charge in [-0.2, -0.15) is 0 Å². The lowest BCUT2D eigenvalue weighted by atomic mass is 10.0. The molecule has 3 heteroatoms. The highest BCUT2D eigenvalue weighted by atomic mass is 16.5. The zero-order chi connectivity index (χ0) is 11.9. The Morgan fingerprint density at radius 2 is 1.87 bits per heavy atom. The predicted molar refractivity (Wildman–Crippen MR) is 64.0 cm³/mol. The van der Waals surface area contributed by atoms with Crippen molar-refractivity contribution in [1.29, 1.82) is 0 Å². The highest BCUT2D eigenvalue weighted by Gasteiger charge is 2.13. The highest BCUT2D eigenvalue weighted by molar-refractivity contribution is 4.70. The maximum absolute atomic E-state index is 8.90. The van der Waals surface area contributed by atoms with Crippen LogP contribution in [0.25, 0.3) is 0 Å². The summed E-state index contributed by atoms with van der Waals surface area (Å²) in [5.41, 5.74) is -0.0635. The Labute approximate surface area is 94.2 Å². The first kappa shape index (κ1) is 14.9. The van der Waals surface area contributed by atoms with Crippen LogP contribution in [0.5, 0.6) is 0 Å². The fraction of sp³-hybridized carbons (Fsp3) is 1.00. The SMILES string of the molecule is CC(C)C(CCO)NCCOC(C)(C)C. The van der Waals surface area contributed by atoms with Crippen molar-refractivity contribution in [1.82, 2.24) is 5.32 Å². The fourth-order valence-corrected chi connectivity index (χ4v) is 1.41. The quantitative estimate of drug-likeness (QED) is 0.639. The van der Waals surface area contributed by atoms with Gasteiger partial charge in [-0.25, -0.2) is 0 Å². The number of hydrogen-bond donors (Lipinski definition) is 2. The molecule has 0 radical (unpaired) electrons. The molecular formula is C12H27NO2. The molecule has 0 saturated carbocycles. The second-order valence-corrected chi connectivity index (χ2v) is 5.28. The molecule has 0 bridgehead atoms. The van der Waals surface area contributed by atoms with E-state index >= 15 is 0 Å². The molecule has 0 rings (SSSR count). The minimum absolute atomic E-state index is 0.0635. The standard InChI is InChI=1S/C12H27NO2/c1-10(2)11(6-8-14)13-7-9-15-12(3,4)5/h10-11,13-14H,6-9H2,1-5H3. The van der Waals surface area contributed by atoms with Crippen LogP contribution in [0, 0.1) is 5.92 Å². The van der Waals surface area contributed by atoms with E-state index in [1.54, 1.807) is 0 Å². The Morgan fingerprint density at radius 3 is 2.27 bits per heavy atom. The van der Waals surface area contributed by atoms with Crippen molar-refractivity contribution in [3.63, 3.8) is 0 Å². The summed E-state index contributed by atoms with van der Waals surface area (Å²) >= 11 is 0. The van der Waals surface area contributed by atoms with Crippen molar-refractivity contribution in [2.45, 2.75) is 52.7 Å². The van der Waals surface area contributed by atoms with Crippen LogP contribution >= 0.6 is 0 Å². The third-order valence-corrected chi connectivity index (χ3v) is 2.29. The lowest BCUT2D eigenvalue weighted by Crippen LogP contribution is -2.37. The van der Waals surface area contributed by atoms with Crippen LogP contribution in [0.3, 0.4) is 0 Å². The zero-order valence-corrected chi connectivity index (χ0v) is 10.8. The minimum atomic E-state index is -0.0635. The summed E-state index contributed by atoms with van der Waals surface area (Å²) in [6, 6.07) is 0.388. The van der Waals surface area contributed by atoms with E-state index in [1.807, 2.05) is 0 Å². The summed E-state index contributed by atoms with van der Waals surface area (Å²) in [5.74, 6) is 0.548. The van der Waals surface area contributed by atoms with Crippen molar-refractivity contribution in [3.05, 3.63) is 0 Å². The molecule has 0 aliphatic carbocycles. The maximum atomic E-state index is 8.90. The van der Waals surface area contributed by atoms with Crippen molar-refractivity contribution in [3.8, 4) is 0 Å². The van der Waals surface area contributed by atoms with Gasteiger partial charge in [-0.15, -0.1) is 0 Å². The third kappa shape index (κ3) is 8.85. The molecule has 0 spiro atoms. The lowest BCUT2D eigenvalue weighted by molar-refractivity contribution is -0.00232. The van der Waals surface area contributed by atoms with Gasteiger partial charge < -0.3 is 15.2 Å². The average Bonchev–Trinajstić information content (AvgIpc) is 2.08. The number of rotatable bonds is 7. The molecule has 92 valence electrons. The molecule has 3 nitrogen and oxygen atoms in total. The number of aliphatic hydroxyl groups is 1. The van der Waals surface area contributed by atoms with E-state index in [2.05, 4.69) is 39.9 Å². The molecule has 1 atom stereocenters. The predicted octanol–water partition coefficient (Wildman–Crippen LogP) is 1.80. The second kappa shape index (κ2) is 7.20.